The molecule has 4 heteroatoms. The molecule has 0 spiro atoms. The number of aromatic nitrogens is 1. The maximum atomic E-state index is 12.4. The Morgan fingerprint density at radius 2 is 1.90 bits per heavy atom. The maximum Gasteiger partial charge on any atom is 0.242 e. The number of hydrogen-bond acceptors (Lipinski definition) is 2. The third-order valence-electron chi connectivity index (χ3n) is 4.41. The summed E-state index contributed by atoms with van der Waals surface area (Å²) in [5.74, 6) is 0.329. The monoisotopic (exact) mass is 290 g/mol. The van der Waals surface area contributed by atoms with E-state index in [2.05, 4.69) is 13.8 Å². The van der Waals surface area contributed by atoms with Crippen molar-refractivity contribution < 1.29 is 9.59 Å². The summed E-state index contributed by atoms with van der Waals surface area (Å²) in [4.78, 5) is 26.5. The number of hydrogen-bond donors (Lipinski definition) is 0. The lowest BCUT2D eigenvalue weighted by Crippen LogP contribution is -2.35. The van der Waals surface area contributed by atoms with E-state index in [0.717, 1.165) is 36.5 Å². The molecule has 0 fully saturated rings. The minimum absolute atomic E-state index is 0.0229. The summed E-state index contributed by atoms with van der Waals surface area (Å²) in [5.41, 5.74) is 2.84. The van der Waals surface area contributed by atoms with Crippen LogP contribution in [-0.4, -0.2) is 34.2 Å². The molecule has 0 unspecified atom stereocenters. The van der Waals surface area contributed by atoms with Gasteiger partial charge in [0.05, 0.1) is 0 Å². The van der Waals surface area contributed by atoms with E-state index in [-0.39, 0.29) is 17.1 Å². The van der Waals surface area contributed by atoms with Crippen molar-refractivity contribution in [1.29, 1.82) is 0 Å². The van der Waals surface area contributed by atoms with Crippen LogP contribution in [0.15, 0.2) is 6.07 Å². The number of nitrogens with zero attached hydrogens (tertiary/aromatic N) is 2. The number of amides is 1. The van der Waals surface area contributed by atoms with Crippen LogP contribution in [0.25, 0.3) is 0 Å². The van der Waals surface area contributed by atoms with Crippen LogP contribution in [0.5, 0.6) is 0 Å². The molecule has 0 saturated heterocycles. The van der Waals surface area contributed by atoms with Crippen LogP contribution in [0.2, 0.25) is 0 Å². The van der Waals surface area contributed by atoms with Crippen LogP contribution in [0.3, 0.4) is 0 Å². The summed E-state index contributed by atoms with van der Waals surface area (Å²) in [7, 11) is 0. The van der Waals surface area contributed by atoms with Gasteiger partial charge in [-0.2, -0.15) is 0 Å². The van der Waals surface area contributed by atoms with Gasteiger partial charge < -0.3 is 9.47 Å². The van der Waals surface area contributed by atoms with Crippen LogP contribution in [0.4, 0.5) is 0 Å². The van der Waals surface area contributed by atoms with E-state index in [0.29, 0.717) is 13.0 Å². The van der Waals surface area contributed by atoms with Crippen molar-refractivity contribution in [2.75, 3.05) is 13.1 Å². The summed E-state index contributed by atoms with van der Waals surface area (Å²) in [6.45, 7) is 12.0. The quantitative estimate of drug-likeness (QED) is 0.855. The van der Waals surface area contributed by atoms with Crippen molar-refractivity contribution in [3.8, 4) is 0 Å². The molecule has 1 amide bonds. The predicted molar refractivity (Wildman–Crippen MR) is 83.5 cm³/mol. The minimum atomic E-state index is -0.0229. The Hall–Kier alpha value is -1.58. The molecule has 1 heterocycles. The molecule has 0 N–H and O–H groups in total. The normalized spacial score (nSPS) is 16.7. The molecule has 4 nitrogen and oxygen atoms in total. The Balaban J connectivity index is 2.34. The van der Waals surface area contributed by atoms with Gasteiger partial charge in [-0.1, -0.05) is 13.8 Å². The second-order valence-corrected chi connectivity index (χ2v) is 6.74. The molecule has 1 aliphatic carbocycles. The van der Waals surface area contributed by atoms with Crippen molar-refractivity contribution in [2.45, 2.75) is 54.0 Å². The first-order valence-electron chi connectivity index (χ1n) is 7.79. The molecule has 0 atom stereocenters. The molecule has 1 aromatic heterocycles. The lowest BCUT2D eigenvalue weighted by atomic mass is 9.76. The zero-order valence-corrected chi connectivity index (χ0v) is 13.8. The summed E-state index contributed by atoms with van der Waals surface area (Å²) >= 11 is 0. The topological polar surface area (TPSA) is 42.3 Å². The molecular weight excluding hydrogens is 264 g/mol. The fourth-order valence-corrected chi connectivity index (χ4v) is 3.24. The van der Waals surface area contributed by atoms with Gasteiger partial charge in [0, 0.05) is 36.5 Å². The molecule has 0 saturated carbocycles. The zero-order valence-electron chi connectivity index (χ0n) is 13.8. The summed E-state index contributed by atoms with van der Waals surface area (Å²) < 4.78 is 2.04. The SMILES string of the molecule is CCN(CC)C(=O)Cn1c(C)cc2c1CC(C)(C)CC2=O. The Labute approximate surface area is 127 Å². The molecule has 2 rings (SSSR count). The smallest absolute Gasteiger partial charge is 0.242 e. The Morgan fingerprint density at radius 3 is 2.48 bits per heavy atom. The first-order chi connectivity index (χ1) is 9.79. The second kappa shape index (κ2) is 5.66. The van der Waals surface area contributed by atoms with Gasteiger partial charge in [-0.15, -0.1) is 0 Å². The highest BCUT2D eigenvalue weighted by atomic mass is 16.2. The van der Waals surface area contributed by atoms with E-state index >= 15 is 0 Å². The van der Waals surface area contributed by atoms with Crippen LogP contribution < -0.4 is 0 Å². The van der Waals surface area contributed by atoms with Gasteiger partial charge in [-0.3, -0.25) is 9.59 Å². The Kier molecular flexibility index (Phi) is 4.26. The number of aryl methyl sites for hydroxylation is 1. The van der Waals surface area contributed by atoms with Crippen LogP contribution in [-0.2, 0) is 17.8 Å². The van der Waals surface area contributed by atoms with Crippen LogP contribution in [0.1, 0.15) is 55.9 Å². The van der Waals surface area contributed by atoms with Gasteiger partial charge in [0.15, 0.2) is 5.78 Å². The number of likely N-dealkylation sites (N-methyl/N-ethyl adjacent to an activating group) is 1. The van der Waals surface area contributed by atoms with E-state index in [1.807, 2.05) is 36.3 Å². The molecule has 0 aliphatic heterocycles. The van der Waals surface area contributed by atoms with E-state index in [1.165, 1.54) is 0 Å². The first kappa shape index (κ1) is 15.8. The number of carbonyl (C=O) groups excluding carboxylic acids is 2. The molecule has 21 heavy (non-hydrogen) atoms. The number of Topliss-reactive ketones (excluding diaryl/α,β-unsaturated/α-hetero) is 1. The van der Waals surface area contributed by atoms with Crippen molar-refractivity contribution in [1.82, 2.24) is 9.47 Å². The van der Waals surface area contributed by atoms with Crippen molar-refractivity contribution in [3.63, 3.8) is 0 Å². The van der Waals surface area contributed by atoms with Gasteiger partial charge in [-0.05, 0) is 38.7 Å². The second-order valence-electron chi connectivity index (χ2n) is 6.74. The number of fused-ring (bicyclic) bond motifs is 1. The maximum absolute atomic E-state index is 12.4. The molecular formula is C17H26N2O2. The molecule has 0 bridgehead atoms. The summed E-state index contributed by atoms with van der Waals surface area (Å²) in [6.07, 6.45) is 1.45. The molecule has 0 aromatic carbocycles. The average molecular weight is 290 g/mol. The van der Waals surface area contributed by atoms with Gasteiger partial charge in [-0.25, -0.2) is 0 Å². The van der Waals surface area contributed by atoms with E-state index < -0.39 is 0 Å². The highest BCUT2D eigenvalue weighted by molar-refractivity contribution is 5.99. The fourth-order valence-electron chi connectivity index (χ4n) is 3.24. The van der Waals surface area contributed by atoms with E-state index in [1.54, 1.807) is 0 Å². The average Bonchev–Trinajstić information content (AvgIpc) is 2.67. The van der Waals surface area contributed by atoms with Crippen molar-refractivity contribution in [2.24, 2.45) is 5.41 Å². The summed E-state index contributed by atoms with van der Waals surface area (Å²) in [6, 6.07) is 1.95. The number of rotatable bonds is 4. The molecule has 0 radical (unpaired) electrons. The van der Waals surface area contributed by atoms with Gasteiger partial charge in [0.2, 0.25) is 5.91 Å². The number of ketones is 1. The zero-order chi connectivity index (χ0) is 15.8. The highest BCUT2D eigenvalue weighted by Gasteiger charge is 2.34. The fraction of sp³-hybridized carbons (Fsp3) is 0.647. The van der Waals surface area contributed by atoms with E-state index in [9.17, 15) is 9.59 Å². The first-order valence-corrected chi connectivity index (χ1v) is 7.79. The third-order valence-corrected chi connectivity index (χ3v) is 4.41. The number of carbonyl (C=O) groups is 2. The third kappa shape index (κ3) is 3.04. The van der Waals surface area contributed by atoms with Crippen molar-refractivity contribution in [3.05, 3.63) is 23.0 Å². The largest absolute Gasteiger partial charge is 0.342 e. The lowest BCUT2D eigenvalue weighted by Gasteiger charge is -2.30. The summed E-state index contributed by atoms with van der Waals surface area (Å²) in [5, 5.41) is 0. The van der Waals surface area contributed by atoms with E-state index in [4.69, 9.17) is 0 Å². The van der Waals surface area contributed by atoms with Gasteiger partial charge in [0.1, 0.15) is 6.54 Å². The molecule has 1 aromatic rings. The predicted octanol–water partition coefficient (Wildman–Crippen LogP) is 2.82. The van der Waals surface area contributed by atoms with Gasteiger partial charge in [0.25, 0.3) is 0 Å². The lowest BCUT2D eigenvalue weighted by molar-refractivity contribution is -0.131. The highest BCUT2D eigenvalue weighted by Crippen LogP contribution is 2.36. The molecule has 1 aliphatic rings. The Morgan fingerprint density at radius 1 is 1.29 bits per heavy atom. The van der Waals surface area contributed by atoms with Crippen molar-refractivity contribution >= 4 is 11.7 Å². The Bertz CT molecular complexity index is 566. The minimum Gasteiger partial charge on any atom is -0.342 e. The van der Waals surface area contributed by atoms with Crippen LogP contribution in [0, 0.1) is 12.3 Å². The standard InChI is InChI=1S/C17H26N2O2/c1-6-18(7-2)16(21)11-19-12(3)8-13-14(19)9-17(4,5)10-15(13)20/h8H,6-7,9-11H2,1-5H3. The van der Waals surface area contributed by atoms with Gasteiger partial charge >= 0.3 is 0 Å². The molecule has 116 valence electrons. The van der Waals surface area contributed by atoms with Crippen LogP contribution >= 0.6 is 0 Å².